The lowest BCUT2D eigenvalue weighted by Crippen LogP contribution is -2.16. The van der Waals surface area contributed by atoms with Crippen LogP contribution in [0.3, 0.4) is 0 Å². The van der Waals surface area contributed by atoms with Crippen LogP contribution in [0.15, 0.2) is 12.3 Å². The zero-order chi connectivity index (χ0) is 8.55. The summed E-state index contributed by atoms with van der Waals surface area (Å²) < 4.78 is 1.59. The number of nitrogens with zero attached hydrogens (tertiary/aromatic N) is 4. The van der Waals surface area contributed by atoms with Crippen LogP contribution < -0.4 is 10.6 Å². The van der Waals surface area contributed by atoms with Crippen molar-refractivity contribution in [1.82, 2.24) is 19.6 Å². The summed E-state index contributed by atoms with van der Waals surface area (Å²) >= 11 is 0. The number of nitrogen functional groups attached to an aromatic ring is 1. The molecule has 0 aliphatic carbocycles. The van der Waals surface area contributed by atoms with Crippen molar-refractivity contribution in [3.63, 3.8) is 0 Å². The van der Waals surface area contributed by atoms with Crippen LogP contribution in [-0.2, 0) is 0 Å². The quantitative estimate of drug-likeness (QED) is 0.658. The molecule has 0 aliphatic heterocycles. The molecule has 0 radical (unpaired) electrons. The molecular formula is C6H9N5O. The SMILES string of the molecule is CCOn1ccc2nnc(N)n21. The number of hydrogen-bond donors (Lipinski definition) is 1. The molecule has 2 aromatic rings. The molecule has 0 saturated heterocycles. The van der Waals surface area contributed by atoms with Crippen molar-refractivity contribution >= 4 is 11.6 Å². The van der Waals surface area contributed by atoms with E-state index in [-0.39, 0.29) is 0 Å². The summed E-state index contributed by atoms with van der Waals surface area (Å²) in [5, 5.41) is 7.50. The highest BCUT2D eigenvalue weighted by atomic mass is 16.7. The number of aromatic nitrogens is 4. The first kappa shape index (κ1) is 6.96. The van der Waals surface area contributed by atoms with Crippen LogP contribution in [-0.4, -0.2) is 26.2 Å². The van der Waals surface area contributed by atoms with Gasteiger partial charge in [-0.05, 0) is 6.92 Å². The Hall–Kier alpha value is -1.72. The fourth-order valence-electron chi connectivity index (χ4n) is 1.04. The van der Waals surface area contributed by atoms with Gasteiger partial charge in [0.25, 0.3) is 0 Å². The first-order chi connectivity index (χ1) is 5.83. The van der Waals surface area contributed by atoms with Crippen LogP contribution in [0.2, 0.25) is 0 Å². The van der Waals surface area contributed by atoms with Crippen molar-refractivity contribution < 1.29 is 4.84 Å². The minimum Gasteiger partial charge on any atom is -0.398 e. The Balaban J connectivity index is 2.59. The molecule has 0 atom stereocenters. The van der Waals surface area contributed by atoms with Crippen LogP contribution in [0.5, 0.6) is 0 Å². The maximum absolute atomic E-state index is 5.54. The summed E-state index contributed by atoms with van der Waals surface area (Å²) in [6, 6.07) is 1.78. The zero-order valence-corrected chi connectivity index (χ0v) is 6.64. The van der Waals surface area contributed by atoms with Gasteiger partial charge in [0.15, 0.2) is 5.65 Å². The van der Waals surface area contributed by atoms with Crippen LogP contribution >= 0.6 is 0 Å². The summed E-state index contributed by atoms with van der Waals surface area (Å²) in [7, 11) is 0. The van der Waals surface area contributed by atoms with Gasteiger partial charge in [-0.25, -0.2) is 0 Å². The number of fused-ring (bicyclic) bond motifs is 1. The van der Waals surface area contributed by atoms with Gasteiger partial charge in [-0.2, -0.15) is 4.52 Å². The van der Waals surface area contributed by atoms with Gasteiger partial charge in [-0.3, -0.25) is 0 Å². The van der Waals surface area contributed by atoms with E-state index in [1.54, 1.807) is 16.8 Å². The molecule has 0 bridgehead atoms. The normalized spacial score (nSPS) is 10.8. The Labute approximate surface area is 68.5 Å². The van der Waals surface area contributed by atoms with E-state index in [2.05, 4.69) is 10.2 Å². The number of nitrogens with two attached hydrogens (primary N) is 1. The van der Waals surface area contributed by atoms with Crippen molar-refractivity contribution in [3.8, 4) is 0 Å². The van der Waals surface area contributed by atoms with Gasteiger partial charge in [-0.1, -0.05) is 0 Å². The number of rotatable bonds is 2. The first-order valence-corrected chi connectivity index (χ1v) is 3.64. The molecule has 2 heterocycles. The maximum atomic E-state index is 5.54. The van der Waals surface area contributed by atoms with Gasteiger partial charge >= 0.3 is 0 Å². The lowest BCUT2D eigenvalue weighted by atomic mass is 10.7. The number of hydrogen-bond acceptors (Lipinski definition) is 4. The molecular weight excluding hydrogens is 158 g/mol. The minimum atomic E-state index is 0.323. The Morgan fingerprint density at radius 2 is 2.42 bits per heavy atom. The molecule has 0 aliphatic rings. The molecule has 2 rings (SSSR count). The summed E-state index contributed by atoms with van der Waals surface area (Å²) in [5.41, 5.74) is 6.22. The summed E-state index contributed by atoms with van der Waals surface area (Å²) in [6.07, 6.45) is 1.74. The topological polar surface area (TPSA) is 70.4 Å². The van der Waals surface area contributed by atoms with Crippen molar-refractivity contribution in [2.75, 3.05) is 12.3 Å². The first-order valence-electron chi connectivity index (χ1n) is 3.64. The third-order valence-electron chi connectivity index (χ3n) is 1.50. The Morgan fingerprint density at radius 3 is 3.17 bits per heavy atom. The average Bonchev–Trinajstić information content (AvgIpc) is 2.58. The molecule has 2 N–H and O–H groups in total. The molecule has 0 saturated carbocycles. The van der Waals surface area contributed by atoms with E-state index in [4.69, 9.17) is 10.6 Å². The molecule has 6 nitrogen and oxygen atoms in total. The third kappa shape index (κ3) is 0.810. The number of anilines is 1. The second-order valence-electron chi connectivity index (χ2n) is 2.26. The fraction of sp³-hybridized carbons (Fsp3) is 0.333. The molecule has 6 heteroatoms. The maximum Gasteiger partial charge on any atom is 0.244 e. The molecule has 2 aromatic heterocycles. The standard InChI is InChI=1S/C6H9N5O/c1-2-12-10-4-3-5-8-9-6(7)11(5)10/h3-4H,2H2,1H3,(H2,7,9). The summed E-state index contributed by atoms with van der Waals surface area (Å²) in [5.74, 6) is 0.323. The van der Waals surface area contributed by atoms with E-state index in [9.17, 15) is 0 Å². The van der Waals surface area contributed by atoms with Crippen molar-refractivity contribution in [2.45, 2.75) is 6.92 Å². The molecule has 0 spiro atoms. The van der Waals surface area contributed by atoms with E-state index in [0.29, 0.717) is 18.2 Å². The third-order valence-corrected chi connectivity index (χ3v) is 1.50. The van der Waals surface area contributed by atoms with Crippen LogP contribution in [0.4, 0.5) is 5.95 Å². The minimum absolute atomic E-state index is 0.323. The molecule has 0 unspecified atom stereocenters. The molecule has 0 amide bonds. The predicted molar refractivity (Wildman–Crippen MR) is 42.5 cm³/mol. The smallest absolute Gasteiger partial charge is 0.244 e. The summed E-state index contributed by atoms with van der Waals surface area (Å²) in [6.45, 7) is 2.47. The van der Waals surface area contributed by atoms with E-state index in [1.807, 2.05) is 6.92 Å². The van der Waals surface area contributed by atoms with E-state index < -0.39 is 0 Å². The second kappa shape index (κ2) is 2.40. The molecule has 12 heavy (non-hydrogen) atoms. The average molecular weight is 167 g/mol. The molecule has 0 aromatic carbocycles. The monoisotopic (exact) mass is 167 g/mol. The Kier molecular flexibility index (Phi) is 1.39. The fourth-order valence-corrected chi connectivity index (χ4v) is 1.04. The van der Waals surface area contributed by atoms with Gasteiger partial charge in [0.2, 0.25) is 5.95 Å². The lowest BCUT2D eigenvalue weighted by Gasteiger charge is -2.03. The summed E-state index contributed by atoms with van der Waals surface area (Å²) in [4.78, 5) is 6.72. The Morgan fingerprint density at radius 1 is 1.58 bits per heavy atom. The second-order valence-corrected chi connectivity index (χ2v) is 2.26. The van der Waals surface area contributed by atoms with Gasteiger partial charge in [-0.15, -0.1) is 15.0 Å². The van der Waals surface area contributed by atoms with Gasteiger partial charge in [0, 0.05) is 6.07 Å². The van der Waals surface area contributed by atoms with Crippen molar-refractivity contribution in [1.29, 1.82) is 0 Å². The van der Waals surface area contributed by atoms with Gasteiger partial charge < -0.3 is 10.6 Å². The highest BCUT2D eigenvalue weighted by Crippen LogP contribution is 2.04. The van der Waals surface area contributed by atoms with E-state index in [0.717, 1.165) is 0 Å². The Bertz CT molecular complexity index is 389. The lowest BCUT2D eigenvalue weighted by molar-refractivity contribution is 0.0851. The van der Waals surface area contributed by atoms with E-state index >= 15 is 0 Å². The van der Waals surface area contributed by atoms with Gasteiger partial charge in [0.05, 0.1) is 6.20 Å². The molecule has 0 fully saturated rings. The molecule has 64 valence electrons. The van der Waals surface area contributed by atoms with Gasteiger partial charge in [0.1, 0.15) is 6.61 Å². The van der Waals surface area contributed by atoms with E-state index in [1.165, 1.54) is 4.85 Å². The van der Waals surface area contributed by atoms with Crippen molar-refractivity contribution in [3.05, 3.63) is 12.3 Å². The predicted octanol–water partition coefficient (Wildman–Crippen LogP) is -0.439. The zero-order valence-electron chi connectivity index (χ0n) is 6.64. The van der Waals surface area contributed by atoms with Crippen LogP contribution in [0.1, 0.15) is 6.92 Å². The largest absolute Gasteiger partial charge is 0.398 e. The highest BCUT2D eigenvalue weighted by molar-refractivity contribution is 5.40. The highest BCUT2D eigenvalue weighted by Gasteiger charge is 2.05. The van der Waals surface area contributed by atoms with Crippen LogP contribution in [0.25, 0.3) is 5.65 Å². The van der Waals surface area contributed by atoms with Crippen molar-refractivity contribution in [2.24, 2.45) is 0 Å². The van der Waals surface area contributed by atoms with Crippen LogP contribution in [0, 0.1) is 0 Å².